The summed E-state index contributed by atoms with van der Waals surface area (Å²) >= 11 is 37.2. The topological polar surface area (TPSA) is 63.2 Å². The molecule has 0 spiro atoms. The molecule has 1 aliphatic rings. The number of anilines is 1. The number of carbonyl (C=O) groups is 3. The van der Waals surface area contributed by atoms with Crippen LogP contribution < -0.4 is 5.32 Å². The van der Waals surface area contributed by atoms with Gasteiger partial charge in [-0.1, -0.05) is 59.0 Å². The number of benzene rings is 3. The summed E-state index contributed by atoms with van der Waals surface area (Å²) in [5.41, 5.74) is -0.352. The van der Waals surface area contributed by atoms with Gasteiger partial charge < -0.3 is 5.32 Å². The van der Waals surface area contributed by atoms with Gasteiger partial charge in [-0.15, -0.1) is 23.2 Å². The molecule has 0 aliphatic heterocycles. The zero-order chi connectivity index (χ0) is 30.4. The van der Waals surface area contributed by atoms with Crippen LogP contribution in [0.3, 0.4) is 0 Å². The van der Waals surface area contributed by atoms with Gasteiger partial charge in [0.05, 0.1) is 26.0 Å². The standard InChI is InChI=1S/C28H16Cl6F3NO3/c1-11(35)21(39)10-16-20(36)5-2-12(26(16)37)8-22(40)15-9-14(3-4-17(15)29)38-27(41)24-23(28(24,33)34)13-6-18(30)25(32)19(31)7-13/h2-7,9,23-24H,1,8,10H2,(H,38,41)/t23-,24+/m0/s1. The van der Waals surface area contributed by atoms with Crippen LogP contribution in [0.4, 0.5) is 18.9 Å². The van der Waals surface area contributed by atoms with Gasteiger partial charge in [-0.05, 0) is 47.5 Å². The van der Waals surface area contributed by atoms with E-state index in [2.05, 4.69) is 11.9 Å². The maximum absolute atomic E-state index is 15.0. The largest absolute Gasteiger partial charge is 0.326 e. The van der Waals surface area contributed by atoms with Crippen molar-refractivity contribution in [3.8, 4) is 0 Å². The molecule has 214 valence electrons. The number of ketones is 2. The number of alkyl halides is 2. The first-order valence-corrected chi connectivity index (χ1v) is 13.9. The second kappa shape index (κ2) is 12.2. The Labute approximate surface area is 262 Å². The minimum Gasteiger partial charge on any atom is -0.326 e. The fraction of sp³-hybridized carbons (Fsp3) is 0.179. The Morgan fingerprint density at radius 2 is 1.54 bits per heavy atom. The van der Waals surface area contributed by atoms with E-state index in [1.54, 1.807) is 0 Å². The summed E-state index contributed by atoms with van der Waals surface area (Å²) < 4.78 is 40.7. The van der Waals surface area contributed by atoms with Crippen molar-refractivity contribution >= 4 is 92.8 Å². The molecule has 1 fully saturated rings. The van der Waals surface area contributed by atoms with E-state index in [0.29, 0.717) is 5.56 Å². The highest BCUT2D eigenvalue weighted by atomic mass is 35.5. The minimum atomic E-state index is -1.48. The van der Waals surface area contributed by atoms with E-state index in [1.165, 1.54) is 30.3 Å². The summed E-state index contributed by atoms with van der Waals surface area (Å²) in [5.74, 6) is -7.62. The molecule has 4 rings (SSSR count). The molecule has 1 saturated carbocycles. The first kappa shape index (κ1) is 31.7. The molecule has 13 heteroatoms. The smallest absolute Gasteiger partial charge is 0.231 e. The van der Waals surface area contributed by atoms with E-state index in [4.69, 9.17) is 69.6 Å². The quantitative estimate of drug-likeness (QED) is 0.106. The normalized spacial score (nSPS) is 17.2. The molecular formula is C28H16Cl6F3NO3. The number of hydrogen-bond acceptors (Lipinski definition) is 3. The van der Waals surface area contributed by atoms with Crippen molar-refractivity contribution < 1.29 is 27.6 Å². The molecule has 1 aliphatic carbocycles. The lowest BCUT2D eigenvalue weighted by atomic mass is 9.98. The Balaban J connectivity index is 1.53. The molecule has 0 unspecified atom stereocenters. The van der Waals surface area contributed by atoms with Crippen molar-refractivity contribution in [3.63, 3.8) is 0 Å². The first-order chi connectivity index (χ1) is 19.1. The van der Waals surface area contributed by atoms with Gasteiger partial charge in [-0.3, -0.25) is 14.4 Å². The fourth-order valence-corrected chi connectivity index (χ4v) is 5.99. The fourth-order valence-electron chi connectivity index (χ4n) is 4.33. The Morgan fingerprint density at radius 3 is 2.15 bits per heavy atom. The van der Waals surface area contributed by atoms with Crippen LogP contribution in [0.15, 0.2) is 54.9 Å². The number of carbonyl (C=O) groups excluding carboxylic acids is 3. The van der Waals surface area contributed by atoms with Crippen LogP contribution in [0.1, 0.15) is 33.0 Å². The molecule has 41 heavy (non-hydrogen) atoms. The molecule has 1 amide bonds. The monoisotopic (exact) mass is 681 g/mol. The average Bonchev–Trinajstić information content (AvgIpc) is 3.49. The number of allylic oxidation sites excluding steroid dienone is 1. The number of nitrogens with one attached hydrogen (secondary N) is 1. The predicted molar refractivity (Wildman–Crippen MR) is 156 cm³/mol. The maximum atomic E-state index is 15.0. The maximum Gasteiger partial charge on any atom is 0.231 e. The molecule has 0 radical (unpaired) electrons. The van der Waals surface area contributed by atoms with Crippen LogP contribution in [0.2, 0.25) is 20.1 Å². The SMILES string of the molecule is C=C(F)C(=O)Cc1c(F)ccc(CC(=O)c2cc(NC(=O)[C@H]3[C@H](c4cc(Cl)c(Cl)c(Cl)c4)C3(Cl)Cl)ccc2Cl)c1F. The van der Waals surface area contributed by atoms with E-state index in [9.17, 15) is 27.6 Å². The van der Waals surface area contributed by atoms with E-state index < -0.39 is 69.5 Å². The van der Waals surface area contributed by atoms with Crippen LogP contribution in [-0.4, -0.2) is 21.8 Å². The molecule has 3 aromatic rings. The van der Waals surface area contributed by atoms with Crippen molar-refractivity contribution in [1.82, 2.24) is 0 Å². The van der Waals surface area contributed by atoms with Gasteiger partial charge in [0.15, 0.2) is 17.4 Å². The number of halogens is 9. The number of Topliss-reactive ketones (excluding diaryl/α,β-unsaturated/α-hetero) is 2. The van der Waals surface area contributed by atoms with Crippen molar-refractivity contribution in [2.75, 3.05) is 5.32 Å². The summed E-state index contributed by atoms with van der Waals surface area (Å²) in [6, 6.07) is 8.97. The number of hydrogen-bond donors (Lipinski definition) is 1. The van der Waals surface area contributed by atoms with Crippen molar-refractivity contribution in [2.24, 2.45) is 5.92 Å². The minimum absolute atomic E-state index is 0.00146. The van der Waals surface area contributed by atoms with Crippen LogP contribution in [-0.2, 0) is 22.4 Å². The lowest BCUT2D eigenvalue weighted by Crippen LogP contribution is -2.17. The Kier molecular flexibility index (Phi) is 9.39. The summed E-state index contributed by atoms with van der Waals surface area (Å²) in [6.45, 7) is 2.82. The van der Waals surface area contributed by atoms with Crippen LogP contribution in [0.5, 0.6) is 0 Å². The van der Waals surface area contributed by atoms with E-state index in [-0.39, 0.29) is 36.9 Å². The molecule has 0 heterocycles. The average molecular weight is 684 g/mol. The third-order valence-electron chi connectivity index (χ3n) is 6.49. The highest BCUT2D eigenvalue weighted by Gasteiger charge is 2.67. The zero-order valence-electron chi connectivity index (χ0n) is 20.4. The van der Waals surface area contributed by atoms with Gasteiger partial charge in [-0.2, -0.15) is 0 Å². The Hall–Kier alpha value is -2.26. The lowest BCUT2D eigenvalue weighted by Gasteiger charge is -2.11. The Bertz CT molecular complexity index is 1600. The first-order valence-electron chi connectivity index (χ1n) is 11.6. The van der Waals surface area contributed by atoms with Gasteiger partial charge in [0.2, 0.25) is 5.91 Å². The molecule has 1 N–H and O–H groups in total. The van der Waals surface area contributed by atoms with Gasteiger partial charge in [0, 0.05) is 35.6 Å². The summed E-state index contributed by atoms with van der Waals surface area (Å²) in [5, 5.41) is 3.09. The molecule has 4 nitrogen and oxygen atoms in total. The Morgan fingerprint density at radius 1 is 0.902 bits per heavy atom. The van der Waals surface area contributed by atoms with Gasteiger partial charge in [-0.25, -0.2) is 13.2 Å². The highest BCUT2D eigenvalue weighted by molar-refractivity contribution is 6.54. The van der Waals surface area contributed by atoms with Gasteiger partial charge >= 0.3 is 0 Å². The predicted octanol–water partition coefficient (Wildman–Crippen LogP) is 9.12. The second-order valence-electron chi connectivity index (χ2n) is 9.22. The van der Waals surface area contributed by atoms with E-state index >= 15 is 0 Å². The second-order valence-corrected chi connectivity index (χ2v) is 12.3. The molecular weight excluding hydrogens is 668 g/mol. The molecule has 0 aromatic heterocycles. The molecule has 3 aromatic carbocycles. The third kappa shape index (κ3) is 6.56. The molecule has 0 bridgehead atoms. The van der Waals surface area contributed by atoms with Crippen LogP contribution in [0, 0.1) is 17.6 Å². The number of rotatable bonds is 9. The summed E-state index contributed by atoms with van der Waals surface area (Å²) in [4.78, 5) is 37.8. The van der Waals surface area contributed by atoms with Crippen molar-refractivity contribution in [2.45, 2.75) is 23.1 Å². The highest BCUT2D eigenvalue weighted by Crippen LogP contribution is 2.65. The molecule has 0 saturated heterocycles. The zero-order valence-corrected chi connectivity index (χ0v) is 25.0. The van der Waals surface area contributed by atoms with Crippen molar-refractivity contribution in [3.05, 3.63) is 109 Å². The van der Waals surface area contributed by atoms with E-state index in [1.807, 2.05) is 0 Å². The third-order valence-corrected chi connectivity index (χ3v) is 8.96. The van der Waals surface area contributed by atoms with Crippen LogP contribution in [0.25, 0.3) is 0 Å². The summed E-state index contributed by atoms with van der Waals surface area (Å²) in [7, 11) is 0. The van der Waals surface area contributed by atoms with Crippen molar-refractivity contribution in [1.29, 1.82) is 0 Å². The van der Waals surface area contributed by atoms with Crippen LogP contribution >= 0.6 is 69.6 Å². The summed E-state index contributed by atoms with van der Waals surface area (Å²) in [6.07, 6.45) is -1.48. The van der Waals surface area contributed by atoms with Gasteiger partial charge in [0.25, 0.3) is 0 Å². The number of amides is 1. The lowest BCUT2D eigenvalue weighted by molar-refractivity contribution is -0.117. The van der Waals surface area contributed by atoms with Gasteiger partial charge in [0.1, 0.15) is 16.0 Å². The molecule has 2 atom stereocenters. The van der Waals surface area contributed by atoms with E-state index in [0.717, 1.165) is 12.1 Å².